The summed E-state index contributed by atoms with van der Waals surface area (Å²) >= 11 is 0. The number of rotatable bonds is 1. The third kappa shape index (κ3) is 1.55. The van der Waals surface area contributed by atoms with E-state index in [1.807, 2.05) is 12.1 Å². The van der Waals surface area contributed by atoms with Gasteiger partial charge in [-0.3, -0.25) is 0 Å². The molecule has 14 heavy (non-hydrogen) atoms. The van der Waals surface area contributed by atoms with Crippen LogP contribution in [0.25, 0.3) is 0 Å². The van der Waals surface area contributed by atoms with Crippen molar-refractivity contribution in [1.29, 1.82) is 0 Å². The number of hydrogen-bond donors (Lipinski definition) is 2. The molecule has 0 aliphatic carbocycles. The first-order valence-corrected chi connectivity index (χ1v) is 5.01. The van der Waals surface area contributed by atoms with Gasteiger partial charge in [0.15, 0.2) is 0 Å². The van der Waals surface area contributed by atoms with Crippen molar-refractivity contribution in [1.82, 2.24) is 4.90 Å². The number of nitrogen functional groups attached to an aromatic ring is 2. The molecule has 0 spiro atoms. The van der Waals surface area contributed by atoms with Crippen LogP contribution in [0.15, 0.2) is 18.2 Å². The lowest BCUT2D eigenvalue weighted by molar-refractivity contribution is 0.411. The summed E-state index contributed by atoms with van der Waals surface area (Å²) in [6.45, 7) is 2.24. The molecule has 1 unspecified atom stereocenters. The third-order valence-electron chi connectivity index (χ3n) is 3.00. The Morgan fingerprint density at radius 3 is 2.79 bits per heavy atom. The van der Waals surface area contributed by atoms with Gasteiger partial charge in [0.1, 0.15) is 0 Å². The summed E-state index contributed by atoms with van der Waals surface area (Å²) in [5.41, 5.74) is 14.4. The minimum absolute atomic E-state index is 0.559. The van der Waals surface area contributed by atoms with Gasteiger partial charge < -0.3 is 16.4 Å². The Hall–Kier alpha value is -1.22. The van der Waals surface area contributed by atoms with E-state index in [0.717, 1.165) is 18.8 Å². The van der Waals surface area contributed by atoms with Crippen LogP contribution in [0.1, 0.15) is 17.9 Å². The molecule has 1 heterocycles. The largest absolute Gasteiger partial charge is 0.397 e. The number of likely N-dealkylation sites (N-methyl/N-ethyl adjacent to an activating group) is 1. The highest BCUT2D eigenvalue weighted by Crippen LogP contribution is 2.32. The first-order valence-electron chi connectivity index (χ1n) is 5.01. The lowest BCUT2D eigenvalue weighted by atomic mass is 9.96. The van der Waals surface area contributed by atoms with Gasteiger partial charge in [0.25, 0.3) is 0 Å². The topological polar surface area (TPSA) is 55.3 Å². The van der Waals surface area contributed by atoms with E-state index in [9.17, 15) is 0 Å². The average Bonchev–Trinajstić information content (AvgIpc) is 2.57. The van der Waals surface area contributed by atoms with E-state index in [-0.39, 0.29) is 0 Å². The van der Waals surface area contributed by atoms with Gasteiger partial charge in [0.05, 0.1) is 11.4 Å². The maximum Gasteiger partial charge on any atom is 0.0583 e. The summed E-state index contributed by atoms with van der Waals surface area (Å²) in [6, 6.07) is 5.94. The highest BCUT2D eigenvalue weighted by molar-refractivity contribution is 5.68. The predicted molar refractivity (Wildman–Crippen MR) is 60.1 cm³/mol. The van der Waals surface area contributed by atoms with E-state index < -0.39 is 0 Å². The molecule has 4 N–H and O–H groups in total. The summed E-state index contributed by atoms with van der Waals surface area (Å²) in [5, 5.41) is 0. The quantitative estimate of drug-likeness (QED) is 0.657. The number of benzene rings is 1. The van der Waals surface area contributed by atoms with Crippen molar-refractivity contribution in [3.8, 4) is 0 Å². The highest BCUT2D eigenvalue weighted by atomic mass is 15.1. The number of nitrogens with zero attached hydrogens (tertiary/aromatic N) is 1. The monoisotopic (exact) mass is 191 g/mol. The van der Waals surface area contributed by atoms with Gasteiger partial charge in [-0.15, -0.1) is 0 Å². The van der Waals surface area contributed by atoms with Crippen LogP contribution >= 0.6 is 0 Å². The van der Waals surface area contributed by atoms with Crippen molar-refractivity contribution >= 4 is 11.4 Å². The zero-order valence-corrected chi connectivity index (χ0v) is 8.53. The number of anilines is 2. The SMILES string of the molecule is CN1CCC(c2cccc(N)c2N)C1. The molecule has 0 radical (unpaired) electrons. The average molecular weight is 191 g/mol. The van der Waals surface area contributed by atoms with Crippen LogP contribution in [0.4, 0.5) is 11.4 Å². The van der Waals surface area contributed by atoms with E-state index >= 15 is 0 Å². The van der Waals surface area contributed by atoms with E-state index in [2.05, 4.69) is 18.0 Å². The van der Waals surface area contributed by atoms with Gasteiger partial charge in [-0.1, -0.05) is 12.1 Å². The summed E-state index contributed by atoms with van der Waals surface area (Å²) in [6.07, 6.45) is 1.18. The van der Waals surface area contributed by atoms with Crippen LogP contribution in [0.5, 0.6) is 0 Å². The van der Waals surface area contributed by atoms with Crippen LogP contribution in [0.3, 0.4) is 0 Å². The van der Waals surface area contributed by atoms with Crippen molar-refractivity contribution in [2.75, 3.05) is 31.6 Å². The zero-order valence-electron chi connectivity index (χ0n) is 8.53. The molecule has 1 aliphatic heterocycles. The summed E-state index contributed by atoms with van der Waals surface area (Å²) in [7, 11) is 2.14. The second-order valence-electron chi connectivity index (χ2n) is 4.10. The van der Waals surface area contributed by atoms with Crippen molar-refractivity contribution < 1.29 is 0 Å². The molecular formula is C11H17N3. The summed E-state index contributed by atoms with van der Waals surface area (Å²) in [4.78, 5) is 2.33. The summed E-state index contributed by atoms with van der Waals surface area (Å²) in [5.74, 6) is 0.559. The first-order chi connectivity index (χ1) is 6.68. The third-order valence-corrected chi connectivity index (χ3v) is 3.00. The van der Waals surface area contributed by atoms with Gasteiger partial charge in [0, 0.05) is 6.54 Å². The van der Waals surface area contributed by atoms with Crippen LogP contribution in [0, 0.1) is 0 Å². The molecule has 2 rings (SSSR count). The van der Waals surface area contributed by atoms with Crippen LogP contribution in [-0.4, -0.2) is 25.0 Å². The highest BCUT2D eigenvalue weighted by Gasteiger charge is 2.22. The second-order valence-corrected chi connectivity index (χ2v) is 4.10. The number of para-hydroxylation sites is 1. The van der Waals surface area contributed by atoms with Crippen molar-refractivity contribution in [2.45, 2.75) is 12.3 Å². The molecule has 1 saturated heterocycles. The van der Waals surface area contributed by atoms with E-state index in [4.69, 9.17) is 11.5 Å². The van der Waals surface area contributed by atoms with Crippen molar-refractivity contribution in [3.05, 3.63) is 23.8 Å². The fourth-order valence-corrected chi connectivity index (χ4v) is 2.15. The molecule has 1 atom stereocenters. The molecule has 0 saturated carbocycles. The fourth-order valence-electron chi connectivity index (χ4n) is 2.15. The molecule has 3 nitrogen and oxygen atoms in total. The lowest BCUT2D eigenvalue weighted by Gasteiger charge is -2.14. The smallest absolute Gasteiger partial charge is 0.0583 e. The van der Waals surface area contributed by atoms with Gasteiger partial charge in [-0.2, -0.15) is 0 Å². The predicted octanol–water partition coefficient (Wildman–Crippen LogP) is 1.27. The number of likely N-dealkylation sites (tertiary alicyclic amines) is 1. The standard InChI is InChI=1S/C11H17N3/c1-14-6-5-8(7-14)9-3-2-4-10(12)11(9)13/h2-4,8H,5-7,12-13H2,1H3. The number of hydrogen-bond acceptors (Lipinski definition) is 3. The minimum Gasteiger partial charge on any atom is -0.397 e. The summed E-state index contributed by atoms with van der Waals surface area (Å²) < 4.78 is 0. The van der Waals surface area contributed by atoms with Gasteiger partial charge >= 0.3 is 0 Å². The Balaban J connectivity index is 2.28. The van der Waals surface area contributed by atoms with E-state index in [1.54, 1.807) is 0 Å². The van der Waals surface area contributed by atoms with Crippen molar-refractivity contribution in [3.63, 3.8) is 0 Å². The maximum absolute atomic E-state index is 5.96. The molecule has 0 aromatic heterocycles. The van der Waals surface area contributed by atoms with E-state index in [1.165, 1.54) is 12.0 Å². The normalized spacial score (nSPS) is 22.8. The fraction of sp³-hybridized carbons (Fsp3) is 0.455. The van der Waals surface area contributed by atoms with Crippen LogP contribution in [-0.2, 0) is 0 Å². The van der Waals surface area contributed by atoms with E-state index in [0.29, 0.717) is 11.6 Å². The molecule has 1 aromatic carbocycles. The first kappa shape index (κ1) is 9.34. The molecule has 1 fully saturated rings. The van der Waals surface area contributed by atoms with Gasteiger partial charge in [0.2, 0.25) is 0 Å². The molecule has 0 amide bonds. The van der Waals surface area contributed by atoms with Gasteiger partial charge in [-0.05, 0) is 37.6 Å². The Morgan fingerprint density at radius 2 is 2.14 bits per heavy atom. The lowest BCUT2D eigenvalue weighted by Crippen LogP contribution is -2.14. The van der Waals surface area contributed by atoms with Crippen molar-refractivity contribution in [2.24, 2.45) is 0 Å². The van der Waals surface area contributed by atoms with Gasteiger partial charge in [-0.25, -0.2) is 0 Å². The Labute approximate surface area is 84.7 Å². The molecule has 1 aromatic rings. The Morgan fingerprint density at radius 1 is 1.36 bits per heavy atom. The zero-order chi connectivity index (χ0) is 10.1. The van der Waals surface area contributed by atoms with Crippen LogP contribution < -0.4 is 11.5 Å². The minimum atomic E-state index is 0.559. The molecule has 76 valence electrons. The Kier molecular flexibility index (Phi) is 2.33. The second kappa shape index (κ2) is 3.50. The van der Waals surface area contributed by atoms with Crippen LogP contribution in [0.2, 0.25) is 0 Å². The molecular weight excluding hydrogens is 174 g/mol. The Bertz CT molecular complexity index is 335. The molecule has 0 bridgehead atoms. The molecule has 1 aliphatic rings. The number of nitrogens with two attached hydrogens (primary N) is 2. The maximum atomic E-state index is 5.96. The molecule has 3 heteroatoms.